The highest BCUT2D eigenvalue weighted by Crippen LogP contribution is 2.46. The van der Waals surface area contributed by atoms with Crippen LogP contribution in [0.5, 0.6) is 0 Å². The number of carbonyl (C=O) groups excluding carboxylic acids is 2. The van der Waals surface area contributed by atoms with Gasteiger partial charge in [-0.3, -0.25) is 9.69 Å². The summed E-state index contributed by atoms with van der Waals surface area (Å²) in [6, 6.07) is 8.74. The number of carbonyl (C=O) groups is 2. The van der Waals surface area contributed by atoms with Gasteiger partial charge in [-0.1, -0.05) is 32.9 Å². The molecule has 5 nitrogen and oxygen atoms in total. The lowest BCUT2D eigenvalue weighted by Gasteiger charge is -2.43. The molecular formula is C19H23N3O2. The van der Waals surface area contributed by atoms with Gasteiger partial charge in [0, 0.05) is 0 Å². The maximum absolute atomic E-state index is 13.0. The zero-order chi connectivity index (χ0) is 17.5. The zero-order valence-corrected chi connectivity index (χ0v) is 14.4. The molecule has 1 N–H and O–H groups in total. The fourth-order valence-corrected chi connectivity index (χ4v) is 4.52. The van der Waals surface area contributed by atoms with E-state index >= 15 is 0 Å². The second kappa shape index (κ2) is 5.62. The number of hydrogen-bond acceptors (Lipinski definition) is 3. The van der Waals surface area contributed by atoms with Crippen LogP contribution in [0, 0.1) is 22.7 Å². The van der Waals surface area contributed by atoms with Gasteiger partial charge in [-0.15, -0.1) is 0 Å². The fraction of sp³-hybridized carbons (Fsp3) is 0.526. The molecule has 0 aromatic heterocycles. The molecule has 1 saturated heterocycles. The maximum Gasteiger partial charge on any atom is 0.325 e. The molecule has 2 atom stereocenters. The Kier molecular flexibility index (Phi) is 3.87. The highest BCUT2D eigenvalue weighted by Gasteiger charge is 2.55. The topological polar surface area (TPSA) is 73.2 Å². The van der Waals surface area contributed by atoms with Crippen LogP contribution in [0.3, 0.4) is 0 Å². The Hall–Kier alpha value is -2.35. The van der Waals surface area contributed by atoms with E-state index in [1.165, 1.54) is 4.90 Å². The molecule has 1 aromatic carbocycles. The van der Waals surface area contributed by atoms with E-state index in [1.54, 1.807) is 24.3 Å². The molecule has 3 amide bonds. The summed E-state index contributed by atoms with van der Waals surface area (Å²) in [6.07, 6.45) is 2.44. The van der Waals surface area contributed by atoms with Crippen LogP contribution in [0.2, 0.25) is 0 Å². The number of nitriles is 1. The Labute approximate surface area is 142 Å². The quantitative estimate of drug-likeness (QED) is 0.849. The number of rotatable bonds is 2. The van der Waals surface area contributed by atoms with Gasteiger partial charge in [-0.25, -0.2) is 4.79 Å². The molecule has 1 saturated carbocycles. The van der Waals surface area contributed by atoms with Crippen molar-refractivity contribution in [1.29, 1.82) is 5.26 Å². The Morgan fingerprint density at radius 3 is 2.50 bits per heavy atom. The molecule has 2 aliphatic rings. The van der Waals surface area contributed by atoms with Crippen molar-refractivity contribution < 1.29 is 9.59 Å². The second-order valence-corrected chi connectivity index (χ2v) is 8.07. The van der Waals surface area contributed by atoms with Gasteiger partial charge in [-0.2, -0.15) is 5.26 Å². The van der Waals surface area contributed by atoms with E-state index in [2.05, 4.69) is 32.2 Å². The first-order valence-electron chi connectivity index (χ1n) is 8.38. The fourth-order valence-electron chi connectivity index (χ4n) is 4.52. The number of nitrogens with one attached hydrogen (secondary N) is 1. The molecule has 1 aliphatic carbocycles. The Bertz CT molecular complexity index is 717. The van der Waals surface area contributed by atoms with Crippen molar-refractivity contribution in [1.82, 2.24) is 10.2 Å². The molecular weight excluding hydrogens is 302 g/mol. The van der Waals surface area contributed by atoms with E-state index in [0.29, 0.717) is 24.3 Å². The molecule has 2 fully saturated rings. The van der Waals surface area contributed by atoms with Gasteiger partial charge in [0.05, 0.1) is 18.2 Å². The van der Waals surface area contributed by atoms with Crippen molar-refractivity contribution in [3.05, 3.63) is 35.4 Å². The minimum Gasteiger partial charge on any atom is -0.323 e. The van der Waals surface area contributed by atoms with E-state index in [9.17, 15) is 9.59 Å². The van der Waals surface area contributed by atoms with E-state index in [-0.39, 0.29) is 23.9 Å². The summed E-state index contributed by atoms with van der Waals surface area (Å²) in [4.78, 5) is 26.8. The molecule has 1 aliphatic heterocycles. The smallest absolute Gasteiger partial charge is 0.323 e. The highest BCUT2D eigenvalue weighted by molar-refractivity contribution is 6.07. The van der Waals surface area contributed by atoms with Crippen LogP contribution in [-0.4, -0.2) is 22.4 Å². The van der Waals surface area contributed by atoms with Gasteiger partial charge in [0.1, 0.15) is 5.54 Å². The minimum atomic E-state index is -0.759. The van der Waals surface area contributed by atoms with E-state index in [1.807, 2.05) is 0 Å². The van der Waals surface area contributed by atoms with Crippen molar-refractivity contribution in [3.8, 4) is 6.07 Å². The molecule has 24 heavy (non-hydrogen) atoms. The predicted octanol–water partition coefficient (Wildman–Crippen LogP) is 3.20. The molecule has 0 radical (unpaired) electrons. The van der Waals surface area contributed by atoms with Crippen LogP contribution in [0.4, 0.5) is 4.79 Å². The number of benzene rings is 1. The summed E-state index contributed by atoms with van der Waals surface area (Å²) in [6.45, 7) is 6.71. The summed E-state index contributed by atoms with van der Waals surface area (Å²) >= 11 is 0. The first kappa shape index (κ1) is 16.5. The molecule has 1 aromatic rings. The third kappa shape index (κ3) is 2.89. The van der Waals surface area contributed by atoms with Crippen LogP contribution < -0.4 is 5.32 Å². The number of urea groups is 1. The predicted molar refractivity (Wildman–Crippen MR) is 89.8 cm³/mol. The number of nitrogens with zero attached hydrogens (tertiary/aromatic N) is 2. The average Bonchev–Trinajstić information content (AvgIpc) is 2.69. The SMILES string of the molecule is C[C@@H]1CC(C)(C)C[C@]2(C1)NC(=O)N(Cc1ccc(C#N)cc1)C2=O. The Morgan fingerprint density at radius 2 is 1.92 bits per heavy atom. The first-order valence-corrected chi connectivity index (χ1v) is 8.38. The van der Waals surface area contributed by atoms with Gasteiger partial charge in [0.25, 0.3) is 5.91 Å². The van der Waals surface area contributed by atoms with Crippen LogP contribution in [0.15, 0.2) is 24.3 Å². The van der Waals surface area contributed by atoms with Crippen molar-refractivity contribution in [2.24, 2.45) is 11.3 Å². The van der Waals surface area contributed by atoms with Crippen LogP contribution in [-0.2, 0) is 11.3 Å². The van der Waals surface area contributed by atoms with E-state index in [0.717, 1.165) is 12.0 Å². The minimum absolute atomic E-state index is 0.0328. The lowest BCUT2D eigenvalue weighted by Crippen LogP contribution is -2.54. The maximum atomic E-state index is 13.0. The van der Waals surface area contributed by atoms with E-state index < -0.39 is 5.54 Å². The molecule has 1 spiro atoms. The van der Waals surface area contributed by atoms with Gasteiger partial charge in [0.2, 0.25) is 0 Å². The lowest BCUT2D eigenvalue weighted by atomic mass is 9.64. The van der Waals surface area contributed by atoms with Crippen LogP contribution in [0.25, 0.3) is 0 Å². The number of amides is 3. The summed E-state index contributed by atoms with van der Waals surface area (Å²) < 4.78 is 0. The Balaban J connectivity index is 1.82. The zero-order valence-electron chi connectivity index (χ0n) is 14.4. The second-order valence-electron chi connectivity index (χ2n) is 8.07. The molecule has 5 heteroatoms. The van der Waals surface area contributed by atoms with Crippen molar-refractivity contribution in [2.75, 3.05) is 0 Å². The lowest BCUT2D eigenvalue weighted by molar-refractivity contribution is -0.135. The van der Waals surface area contributed by atoms with Crippen LogP contribution in [0.1, 0.15) is 51.2 Å². The molecule has 0 unspecified atom stereocenters. The first-order chi connectivity index (χ1) is 11.2. The third-order valence-corrected chi connectivity index (χ3v) is 5.05. The summed E-state index contributed by atoms with van der Waals surface area (Å²) in [5, 5.41) is 11.8. The Morgan fingerprint density at radius 1 is 1.25 bits per heavy atom. The van der Waals surface area contributed by atoms with Crippen LogP contribution >= 0.6 is 0 Å². The van der Waals surface area contributed by atoms with Gasteiger partial charge < -0.3 is 5.32 Å². The highest BCUT2D eigenvalue weighted by atomic mass is 16.2. The molecule has 126 valence electrons. The van der Waals surface area contributed by atoms with Gasteiger partial charge in [-0.05, 0) is 48.3 Å². The van der Waals surface area contributed by atoms with Gasteiger partial charge >= 0.3 is 6.03 Å². The normalized spacial score (nSPS) is 28.8. The number of hydrogen-bond donors (Lipinski definition) is 1. The average molecular weight is 325 g/mol. The summed E-state index contributed by atoms with van der Waals surface area (Å²) in [7, 11) is 0. The van der Waals surface area contributed by atoms with Crippen molar-refractivity contribution in [3.63, 3.8) is 0 Å². The van der Waals surface area contributed by atoms with E-state index in [4.69, 9.17) is 5.26 Å². The molecule has 0 bridgehead atoms. The summed E-state index contributed by atoms with van der Waals surface area (Å²) in [5.41, 5.74) is 0.684. The van der Waals surface area contributed by atoms with Crippen molar-refractivity contribution in [2.45, 2.75) is 52.1 Å². The standard InChI is InChI=1S/C19H23N3O2/c1-13-8-18(2,3)12-19(9-13)16(23)22(17(24)21-19)11-15-6-4-14(10-20)5-7-15/h4-7,13H,8-9,11-12H2,1-3H3,(H,21,24)/t13-,19+/m1/s1. The van der Waals surface area contributed by atoms with Gasteiger partial charge in [0.15, 0.2) is 0 Å². The molecule has 3 rings (SSSR count). The van der Waals surface area contributed by atoms with Crippen molar-refractivity contribution >= 4 is 11.9 Å². The third-order valence-electron chi connectivity index (χ3n) is 5.05. The summed E-state index contributed by atoms with van der Waals surface area (Å²) in [5.74, 6) is 0.282. The largest absolute Gasteiger partial charge is 0.325 e. The molecule has 1 heterocycles. The monoisotopic (exact) mass is 325 g/mol. The number of imide groups is 1.